The number of hydrogen-bond donors (Lipinski definition) is 1. The number of nitrogens with two attached hydrogens (primary N) is 1. The van der Waals surface area contributed by atoms with Crippen molar-refractivity contribution < 1.29 is 0 Å². The van der Waals surface area contributed by atoms with Crippen LogP contribution in [0.5, 0.6) is 0 Å². The fourth-order valence-corrected chi connectivity index (χ4v) is 1.90. The van der Waals surface area contributed by atoms with E-state index in [0.29, 0.717) is 6.42 Å². The summed E-state index contributed by atoms with van der Waals surface area (Å²) in [6, 6.07) is 3.82. The highest BCUT2D eigenvalue weighted by molar-refractivity contribution is 7.16. The zero-order valence-corrected chi connectivity index (χ0v) is 8.38. The fourth-order valence-electron chi connectivity index (χ4n) is 0.840. The molecule has 1 heterocycles. The third kappa shape index (κ3) is 2.53. The summed E-state index contributed by atoms with van der Waals surface area (Å²) in [5.74, 6) is 5.76. The van der Waals surface area contributed by atoms with Gasteiger partial charge in [0.1, 0.15) is 0 Å². The molecule has 0 amide bonds. The van der Waals surface area contributed by atoms with Gasteiger partial charge in [-0.25, -0.2) is 0 Å². The number of halogens is 1. The summed E-state index contributed by atoms with van der Waals surface area (Å²) in [7, 11) is 0. The van der Waals surface area contributed by atoms with E-state index in [0.717, 1.165) is 9.21 Å². The molecule has 0 fully saturated rings. The van der Waals surface area contributed by atoms with Crippen LogP contribution in [0.2, 0.25) is 4.34 Å². The summed E-state index contributed by atoms with van der Waals surface area (Å²) in [6.07, 6.45) is 0.702. The monoisotopic (exact) mass is 199 g/mol. The van der Waals surface area contributed by atoms with Gasteiger partial charge in [0.25, 0.3) is 0 Å². The minimum atomic E-state index is 0.00921. The average molecular weight is 200 g/mol. The molecule has 2 N–H and O–H groups in total. The quantitative estimate of drug-likeness (QED) is 0.729. The van der Waals surface area contributed by atoms with Crippen LogP contribution in [0.4, 0.5) is 0 Å². The van der Waals surface area contributed by atoms with Crippen molar-refractivity contribution in [2.24, 2.45) is 5.73 Å². The molecule has 0 aromatic carbocycles. The van der Waals surface area contributed by atoms with Gasteiger partial charge < -0.3 is 5.73 Å². The lowest BCUT2D eigenvalue weighted by Crippen LogP contribution is -2.06. The van der Waals surface area contributed by atoms with Crippen LogP contribution in [-0.2, 0) is 0 Å². The Morgan fingerprint density at radius 2 is 2.42 bits per heavy atom. The Morgan fingerprint density at radius 1 is 1.67 bits per heavy atom. The van der Waals surface area contributed by atoms with Gasteiger partial charge in [-0.3, -0.25) is 0 Å². The van der Waals surface area contributed by atoms with Crippen LogP contribution in [0.15, 0.2) is 12.1 Å². The molecular weight excluding hydrogens is 190 g/mol. The van der Waals surface area contributed by atoms with Crippen LogP contribution in [0.1, 0.15) is 24.3 Å². The molecule has 64 valence electrons. The van der Waals surface area contributed by atoms with Gasteiger partial charge in [-0.1, -0.05) is 11.6 Å². The molecule has 1 rings (SSSR count). The lowest BCUT2D eigenvalue weighted by atomic mass is 10.2. The first-order valence-electron chi connectivity index (χ1n) is 3.64. The van der Waals surface area contributed by atoms with Crippen molar-refractivity contribution in [2.45, 2.75) is 19.4 Å². The highest BCUT2D eigenvalue weighted by Gasteiger charge is 2.06. The molecule has 1 unspecified atom stereocenters. The molecule has 0 aliphatic heterocycles. The first-order chi connectivity index (χ1) is 5.74. The lowest BCUT2D eigenvalue weighted by molar-refractivity contribution is 0.771. The Hall–Kier alpha value is -0.490. The lowest BCUT2D eigenvalue weighted by Gasteiger charge is -2.02. The van der Waals surface area contributed by atoms with Crippen molar-refractivity contribution in [2.75, 3.05) is 0 Å². The van der Waals surface area contributed by atoms with E-state index in [1.165, 1.54) is 11.3 Å². The van der Waals surface area contributed by atoms with Crippen LogP contribution in [0.3, 0.4) is 0 Å². The van der Waals surface area contributed by atoms with Gasteiger partial charge in [0, 0.05) is 11.3 Å². The highest BCUT2D eigenvalue weighted by atomic mass is 35.5. The molecule has 0 saturated heterocycles. The molecule has 0 bridgehead atoms. The van der Waals surface area contributed by atoms with E-state index >= 15 is 0 Å². The minimum Gasteiger partial charge on any atom is -0.322 e. The van der Waals surface area contributed by atoms with Crippen LogP contribution < -0.4 is 5.73 Å². The van der Waals surface area contributed by atoms with E-state index in [-0.39, 0.29) is 6.04 Å². The van der Waals surface area contributed by atoms with Gasteiger partial charge in [-0.05, 0) is 19.1 Å². The van der Waals surface area contributed by atoms with Crippen molar-refractivity contribution in [3.05, 3.63) is 21.3 Å². The summed E-state index contributed by atoms with van der Waals surface area (Å²) in [5.41, 5.74) is 5.84. The first kappa shape index (κ1) is 9.60. The van der Waals surface area contributed by atoms with E-state index in [4.69, 9.17) is 17.3 Å². The molecule has 1 atom stereocenters. The van der Waals surface area contributed by atoms with Gasteiger partial charge in [-0.15, -0.1) is 23.2 Å². The molecule has 3 heteroatoms. The summed E-state index contributed by atoms with van der Waals surface area (Å²) >= 11 is 7.28. The second-order valence-corrected chi connectivity index (χ2v) is 4.13. The Morgan fingerprint density at radius 3 is 2.92 bits per heavy atom. The Balaban J connectivity index is 2.62. The standard InChI is InChI=1S/C9H10ClNS/c1-2-3-4-7(11)8-5-6-9(10)12-8/h5-7H,4,11H2,1H3. The van der Waals surface area contributed by atoms with Crippen molar-refractivity contribution >= 4 is 22.9 Å². The second kappa shape index (κ2) is 4.51. The second-order valence-electron chi connectivity index (χ2n) is 2.38. The van der Waals surface area contributed by atoms with Crippen LogP contribution in [0, 0.1) is 11.8 Å². The molecule has 0 aliphatic rings. The predicted octanol–water partition coefficient (Wildman–Crippen LogP) is 2.81. The molecular formula is C9H10ClNS. The van der Waals surface area contributed by atoms with E-state index in [1.54, 1.807) is 0 Å². The van der Waals surface area contributed by atoms with E-state index < -0.39 is 0 Å². The van der Waals surface area contributed by atoms with Crippen molar-refractivity contribution in [1.82, 2.24) is 0 Å². The summed E-state index contributed by atoms with van der Waals surface area (Å²) < 4.78 is 0.782. The van der Waals surface area contributed by atoms with Crippen molar-refractivity contribution in [3.63, 3.8) is 0 Å². The van der Waals surface area contributed by atoms with Crippen LogP contribution >= 0.6 is 22.9 Å². The molecule has 1 aromatic rings. The summed E-state index contributed by atoms with van der Waals surface area (Å²) in [5, 5.41) is 0. The molecule has 0 radical (unpaired) electrons. The minimum absolute atomic E-state index is 0.00921. The number of thiophene rings is 1. The third-order valence-electron chi connectivity index (χ3n) is 1.46. The SMILES string of the molecule is CC#CCC(N)c1ccc(Cl)s1. The molecule has 12 heavy (non-hydrogen) atoms. The maximum absolute atomic E-state index is 5.84. The van der Waals surface area contributed by atoms with Gasteiger partial charge in [0.15, 0.2) is 0 Å². The third-order valence-corrected chi connectivity index (χ3v) is 2.82. The predicted molar refractivity (Wildman–Crippen MR) is 54.3 cm³/mol. The molecule has 1 aromatic heterocycles. The zero-order chi connectivity index (χ0) is 8.97. The number of rotatable bonds is 2. The maximum Gasteiger partial charge on any atom is 0.0931 e. The van der Waals surface area contributed by atoms with Crippen molar-refractivity contribution in [3.8, 4) is 11.8 Å². The topological polar surface area (TPSA) is 26.0 Å². The largest absolute Gasteiger partial charge is 0.322 e. The van der Waals surface area contributed by atoms with Crippen LogP contribution in [-0.4, -0.2) is 0 Å². The maximum atomic E-state index is 5.84. The van der Waals surface area contributed by atoms with E-state index in [9.17, 15) is 0 Å². The Kier molecular flexibility index (Phi) is 3.61. The molecule has 0 spiro atoms. The fraction of sp³-hybridized carbons (Fsp3) is 0.333. The summed E-state index contributed by atoms with van der Waals surface area (Å²) in [6.45, 7) is 1.81. The van der Waals surface area contributed by atoms with E-state index in [2.05, 4.69) is 11.8 Å². The zero-order valence-electron chi connectivity index (χ0n) is 6.80. The molecule has 0 aliphatic carbocycles. The Bertz CT molecular complexity index is 308. The summed E-state index contributed by atoms with van der Waals surface area (Å²) in [4.78, 5) is 1.10. The van der Waals surface area contributed by atoms with E-state index in [1.807, 2.05) is 19.1 Å². The van der Waals surface area contributed by atoms with Gasteiger partial charge in [0.2, 0.25) is 0 Å². The number of hydrogen-bond acceptors (Lipinski definition) is 2. The normalized spacial score (nSPS) is 11.9. The Labute approximate surface area is 81.5 Å². The van der Waals surface area contributed by atoms with Crippen LogP contribution in [0.25, 0.3) is 0 Å². The molecule has 1 nitrogen and oxygen atoms in total. The smallest absolute Gasteiger partial charge is 0.0931 e. The van der Waals surface area contributed by atoms with Gasteiger partial charge in [0.05, 0.1) is 10.4 Å². The average Bonchev–Trinajstić information content (AvgIpc) is 2.47. The van der Waals surface area contributed by atoms with Gasteiger partial charge >= 0.3 is 0 Å². The van der Waals surface area contributed by atoms with Crippen molar-refractivity contribution in [1.29, 1.82) is 0 Å². The highest BCUT2D eigenvalue weighted by Crippen LogP contribution is 2.26. The first-order valence-corrected chi connectivity index (χ1v) is 4.84. The molecule has 0 saturated carbocycles. The van der Waals surface area contributed by atoms with Gasteiger partial charge in [-0.2, -0.15) is 0 Å².